The van der Waals surface area contributed by atoms with E-state index in [1.54, 1.807) is 24.3 Å². The van der Waals surface area contributed by atoms with Crippen molar-refractivity contribution in [2.45, 2.75) is 25.2 Å². The van der Waals surface area contributed by atoms with Crippen molar-refractivity contribution in [3.63, 3.8) is 0 Å². The molecule has 0 spiro atoms. The summed E-state index contributed by atoms with van der Waals surface area (Å²) in [7, 11) is 2.14. The summed E-state index contributed by atoms with van der Waals surface area (Å²) in [6, 6.07) is 17.6. The van der Waals surface area contributed by atoms with Crippen LogP contribution in [0.4, 0.5) is 0 Å². The monoisotopic (exact) mass is 473 g/mol. The number of benzene rings is 2. The Morgan fingerprint density at radius 2 is 1.85 bits per heavy atom. The summed E-state index contributed by atoms with van der Waals surface area (Å²) in [4.78, 5) is 24.8. The highest BCUT2D eigenvalue weighted by Crippen LogP contribution is 2.38. The van der Waals surface area contributed by atoms with Crippen molar-refractivity contribution in [2.24, 2.45) is 0 Å². The third kappa shape index (κ3) is 4.64. The number of aryl methyl sites for hydroxylation is 1. The van der Waals surface area contributed by atoms with Crippen molar-refractivity contribution in [1.29, 1.82) is 0 Å². The first-order valence-corrected chi connectivity index (χ1v) is 12.3. The molecule has 1 fully saturated rings. The number of aromatic nitrogens is 3. The van der Waals surface area contributed by atoms with E-state index < -0.39 is 0 Å². The first-order chi connectivity index (χ1) is 16.5. The lowest BCUT2D eigenvalue weighted by atomic mass is 9.78. The maximum Gasteiger partial charge on any atom is 0.251 e. The molecule has 0 saturated carbocycles. The van der Waals surface area contributed by atoms with Crippen molar-refractivity contribution in [3.8, 4) is 22.6 Å². The molecule has 7 nitrogen and oxygen atoms in total. The van der Waals surface area contributed by atoms with E-state index in [0.717, 1.165) is 47.8 Å². The highest BCUT2D eigenvalue weighted by atomic mass is 32.1. The van der Waals surface area contributed by atoms with Crippen LogP contribution in [0.25, 0.3) is 22.6 Å². The quantitative estimate of drug-likeness (QED) is 0.442. The number of amides is 1. The third-order valence-electron chi connectivity index (χ3n) is 6.47. The number of hydrogen-bond donors (Lipinski definition) is 1. The summed E-state index contributed by atoms with van der Waals surface area (Å²) in [6.07, 6.45) is 1.90. The number of nitrogens with one attached hydrogen (secondary N) is 1. The van der Waals surface area contributed by atoms with Gasteiger partial charge in [-0.3, -0.25) is 4.79 Å². The molecular formula is C26H27N5O2S. The van der Waals surface area contributed by atoms with Crippen molar-refractivity contribution >= 4 is 17.2 Å². The Balaban J connectivity index is 1.36. The maximum absolute atomic E-state index is 13.1. The van der Waals surface area contributed by atoms with Crippen molar-refractivity contribution in [1.82, 2.24) is 25.3 Å². The van der Waals surface area contributed by atoms with Crippen LogP contribution in [-0.2, 0) is 5.41 Å². The fraction of sp³-hybridized carbons (Fsp3) is 0.308. The lowest BCUT2D eigenvalue weighted by Gasteiger charge is -2.39. The number of nitrogens with zero attached hydrogens (tertiary/aromatic N) is 4. The number of likely N-dealkylation sites (tertiary alicyclic amines) is 1. The van der Waals surface area contributed by atoms with Gasteiger partial charge in [-0.15, -0.1) is 11.3 Å². The molecule has 34 heavy (non-hydrogen) atoms. The Kier molecular flexibility index (Phi) is 6.26. The molecule has 2 aromatic carbocycles. The van der Waals surface area contributed by atoms with Crippen LogP contribution >= 0.6 is 11.3 Å². The summed E-state index contributed by atoms with van der Waals surface area (Å²) in [5.41, 5.74) is 3.26. The van der Waals surface area contributed by atoms with E-state index in [9.17, 15) is 4.79 Å². The van der Waals surface area contributed by atoms with Crippen molar-refractivity contribution in [2.75, 3.05) is 26.7 Å². The van der Waals surface area contributed by atoms with Crippen LogP contribution in [0.15, 0.2) is 64.5 Å². The van der Waals surface area contributed by atoms with Gasteiger partial charge in [0, 0.05) is 41.0 Å². The van der Waals surface area contributed by atoms with Crippen molar-refractivity contribution < 1.29 is 9.32 Å². The van der Waals surface area contributed by atoms with E-state index in [1.165, 1.54) is 0 Å². The molecule has 4 aromatic rings. The van der Waals surface area contributed by atoms with Gasteiger partial charge in [0.05, 0.1) is 5.69 Å². The van der Waals surface area contributed by atoms with E-state index in [0.29, 0.717) is 23.8 Å². The molecule has 2 aromatic heterocycles. The van der Waals surface area contributed by atoms with E-state index in [-0.39, 0.29) is 11.3 Å². The minimum Gasteiger partial charge on any atom is -0.351 e. The largest absolute Gasteiger partial charge is 0.351 e. The Bertz CT molecular complexity index is 1280. The van der Waals surface area contributed by atoms with Gasteiger partial charge in [0.15, 0.2) is 0 Å². The molecule has 1 saturated heterocycles. The highest BCUT2D eigenvalue weighted by molar-refractivity contribution is 7.10. The second kappa shape index (κ2) is 9.48. The molecule has 3 heterocycles. The molecular weight excluding hydrogens is 446 g/mol. The second-order valence-corrected chi connectivity index (χ2v) is 9.75. The second-order valence-electron chi connectivity index (χ2n) is 8.89. The van der Waals surface area contributed by atoms with Gasteiger partial charge in [-0.2, -0.15) is 4.98 Å². The zero-order valence-electron chi connectivity index (χ0n) is 19.3. The number of piperidine rings is 1. The Hall–Kier alpha value is -3.36. The number of thiazole rings is 1. The van der Waals surface area contributed by atoms with Crippen LogP contribution in [0.1, 0.15) is 34.1 Å². The average molecular weight is 474 g/mol. The molecule has 174 valence electrons. The summed E-state index contributed by atoms with van der Waals surface area (Å²) >= 11 is 1.69. The number of rotatable bonds is 6. The number of carbonyl (C=O) groups is 1. The molecule has 1 aliphatic heterocycles. The number of hydrogen-bond acceptors (Lipinski definition) is 7. The smallest absolute Gasteiger partial charge is 0.251 e. The van der Waals surface area contributed by atoms with Crippen LogP contribution in [0.2, 0.25) is 0 Å². The predicted molar refractivity (Wildman–Crippen MR) is 133 cm³/mol. The SMILES string of the molecule is Cc1nc(-c2cccc(C(=O)NCC3(c4nc(-c5ccccc5)cs4)CCN(C)CC3)c2)no1. The van der Waals surface area contributed by atoms with Crippen LogP contribution in [0.3, 0.4) is 0 Å². The van der Waals surface area contributed by atoms with Crippen molar-refractivity contribution in [3.05, 3.63) is 76.4 Å². The van der Waals surface area contributed by atoms with Crippen LogP contribution in [-0.4, -0.2) is 52.6 Å². The van der Waals surface area contributed by atoms with Gasteiger partial charge in [-0.05, 0) is 45.1 Å². The van der Waals surface area contributed by atoms with Gasteiger partial charge in [0.2, 0.25) is 11.7 Å². The topological polar surface area (TPSA) is 84.2 Å². The fourth-order valence-electron chi connectivity index (χ4n) is 4.34. The first-order valence-electron chi connectivity index (χ1n) is 11.4. The van der Waals surface area contributed by atoms with Gasteiger partial charge in [-0.1, -0.05) is 47.6 Å². The molecule has 1 amide bonds. The van der Waals surface area contributed by atoms with Gasteiger partial charge in [0.1, 0.15) is 5.01 Å². The van der Waals surface area contributed by atoms with Gasteiger partial charge in [-0.25, -0.2) is 4.98 Å². The van der Waals surface area contributed by atoms with E-state index >= 15 is 0 Å². The van der Waals surface area contributed by atoms with Crippen LogP contribution < -0.4 is 5.32 Å². The van der Waals surface area contributed by atoms with Crippen LogP contribution in [0, 0.1) is 6.92 Å². The summed E-state index contributed by atoms with van der Waals surface area (Å²) < 4.78 is 5.08. The lowest BCUT2D eigenvalue weighted by molar-refractivity contribution is 0.0928. The zero-order chi connectivity index (χ0) is 23.5. The molecule has 0 bridgehead atoms. The Morgan fingerprint density at radius 1 is 1.09 bits per heavy atom. The summed E-state index contributed by atoms with van der Waals surface area (Å²) in [5.74, 6) is 0.864. The fourth-order valence-corrected chi connectivity index (χ4v) is 5.43. The first kappa shape index (κ1) is 22.4. The Labute approximate surface area is 202 Å². The minimum atomic E-state index is -0.178. The molecule has 0 aliphatic carbocycles. The molecule has 8 heteroatoms. The van der Waals surface area contributed by atoms with Crippen LogP contribution in [0.5, 0.6) is 0 Å². The third-order valence-corrected chi connectivity index (χ3v) is 7.56. The molecule has 5 rings (SSSR count). The highest BCUT2D eigenvalue weighted by Gasteiger charge is 2.38. The molecule has 1 N–H and O–H groups in total. The molecule has 0 radical (unpaired) electrons. The van der Waals surface area contributed by atoms with Gasteiger partial charge < -0.3 is 14.7 Å². The lowest BCUT2D eigenvalue weighted by Crippen LogP contribution is -2.48. The van der Waals surface area contributed by atoms with E-state index in [1.807, 2.05) is 36.4 Å². The van der Waals surface area contributed by atoms with Gasteiger partial charge >= 0.3 is 0 Å². The predicted octanol–water partition coefficient (Wildman–Crippen LogP) is 4.56. The normalized spacial score (nSPS) is 15.8. The minimum absolute atomic E-state index is 0.111. The standard InChI is InChI=1S/C26H27N5O2S/c1-18-28-23(30-33-18)20-9-6-10-21(15-20)24(32)27-17-26(11-13-31(2)14-12-26)25-29-22(16-34-25)19-7-4-3-5-8-19/h3-10,15-16H,11-14,17H2,1-2H3,(H,27,32). The Morgan fingerprint density at radius 3 is 2.59 bits per heavy atom. The van der Waals surface area contributed by atoms with E-state index in [4.69, 9.17) is 9.51 Å². The van der Waals surface area contributed by atoms with E-state index in [2.05, 4.69) is 44.9 Å². The maximum atomic E-state index is 13.1. The summed E-state index contributed by atoms with van der Waals surface area (Å²) in [5, 5.41) is 10.4. The molecule has 0 unspecified atom stereocenters. The number of carbonyl (C=O) groups excluding carboxylic acids is 1. The average Bonchev–Trinajstić information content (AvgIpc) is 3.54. The van der Waals surface area contributed by atoms with Gasteiger partial charge in [0.25, 0.3) is 5.91 Å². The summed E-state index contributed by atoms with van der Waals surface area (Å²) in [6.45, 7) is 4.24. The molecule has 0 atom stereocenters. The zero-order valence-corrected chi connectivity index (χ0v) is 20.1. The molecule has 1 aliphatic rings.